The van der Waals surface area contributed by atoms with Crippen molar-refractivity contribution in [2.75, 3.05) is 13.1 Å². The van der Waals surface area contributed by atoms with Crippen molar-refractivity contribution in [1.82, 2.24) is 9.88 Å². The predicted octanol–water partition coefficient (Wildman–Crippen LogP) is 2.28. The molecule has 110 valence electrons. The lowest BCUT2D eigenvalue weighted by atomic mass is 10.2. The minimum absolute atomic E-state index is 0.0758. The lowest BCUT2D eigenvalue weighted by Crippen LogP contribution is -2.21. The summed E-state index contributed by atoms with van der Waals surface area (Å²) >= 11 is 1.48. The number of aromatic nitrogens is 1. The molecule has 1 aromatic heterocycles. The molecule has 0 spiro atoms. The molecule has 0 amide bonds. The van der Waals surface area contributed by atoms with Crippen LogP contribution in [0.3, 0.4) is 0 Å². The van der Waals surface area contributed by atoms with Gasteiger partial charge < -0.3 is 5.11 Å². The largest absolute Gasteiger partial charge is 0.392 e. The number of aliphatic hydroxyl groups excluding tert-OH is 1. The lowest BCUT2D eigenvalue weighted by Gasteiger charge is -2.12. The molecule has 3 rings (SSSR count). The van der Waals surface area contributed by atoms with Gasteiger partial charge in [0.2, 0.25) is 0 Å². The maximum atomic E-state index is 10.8. The van der Waals surface area contributed by atoms with E-state index in [-0.39, 0.29) is 11.8 Å². The molecule has 0 bridgehead atoms. The normalized spacial score (nSPS) is 19.0. The molecule has 0 aliphatic carbocycles. The zero-order valence-corrected chi connectivity index (χ0v) is 12.1. The summed E-state index contributed by atoms with van der Waals surface area (Å²) in [6.07, 6.45) is 0.571. The van der Waals surface area contributed by atoms with Gasteiger partial charge in [-0.15, -0.1) is 11.3 Å². The first-order chi connectivity index (χ1) is 10.1. The fourth-order valence-electron chi connectivity index (χ4n) is 2.45. The summed E-state index contributed by atoms with van der Waals surface area (Å²) < 4.78 is 0. The average Bonchev–Trinajstić information content (AvgIpc) is 3.09. The molecule has 1 aromatic carbocycles. The number of nitro groups is 1. The number of β-amino-alcohol motifs (C(OH)–C–C–N with tert-alkyl or cyclic N) is 1. The maximum absolute atomic E-state index is 10.8. The quantitative estimate of drug-likeness (QED) is 0.692. The molecule has 6 nitrogen and oxygen atoms in total. The Morgan fingerprint density at radius 3 is 3.10 bits per heavy atom. The number of hydrogen-bond donors (Lipinski definition) is 1. The van der Waals surface area contributed by atoms with Crippen molar-refractivity contribution >= 4 is 17.0 Å². The highest BCUT2D eigenvalue weighted by Gasteiger charge is 2.21. The molecule has 1 aliphatic heterocycles. The van der Waals surface area contributed by atoms with E-state index < -0.39 is 4.92 Å². The van der Waals surface area contributed by atoms with Gasteiger partial charge in [-0.25, -0.2) is 4.98 Å². The topological polar surface area (TPSA) is 79.5 Å². The first-order valence-electron chi connectivity index (χ1n) is 6.71. The molecule has 2 aromatic rings. The first kappa shape index (κ1) is 14.1. The fourth-order valence-corrected chi connectivity index (χ4v) is 3.26. The van der Waals surface area contributed by atoms with Gasteiger partial charge in [-0.1, -0.05) is 12.1 Å². The van der Waals surface area contributed by atoms with Crippen LogP contribution in [0.2, 0.25) is 0 Å². The van der Waals surface area contributed by atoms with Gasteiger partial charge in [-0.2, -0.15) is 0 Å². The van der Waals surface area contributed by atoms with Crippen molar-refractivity contribution in [3.05, 3.63) is 45.5 Å². The number of thiazole rings is 1. The Bertz CT molecular complexity index is 658. The van der Waals surface area contributed by atoms with Crippen LogP contribution in [0.25, 0.3) is 10.6 Å². The van der Waals surface area contributed by atoms with Crippen molar-refractivity contribution in [3.63, 3.8) is 0 Å². The Kier molecular flexibility index (Phi) is 3.96. The molecule has 1 fully saturated rings. The number of hydrogen-bond acceptors (Lipinski definition) is 6. The highest BCUT2D eigenvalue weighted by atomic mass is 32.1. The number of benzene rings is 1. The van der Waals surface area contributed by atoms with Gasteiger partial charge in [0.25, 0.3) is 5.69 Å². The third-order valence-corrected chi connectivity index (χ3v) is 4.43. The summed E-state index contributed by atoms with van der Waals surface area (Å²) in [6.45, 7) is 2.27. The molecular formula is C14H15N3O3S. The number of nitrogens with zero attached hydrogens (tertiary/aromatic N) is 3. The Morgan fingerprint density at radius 1 is 1.52 bits per heavy atom. The van der Waals surface area contributed by atoms with E-state index >= 15 is 0 Å². The summed E-state index contributed by atoms with van der Waals surface area (Å²) in [5.41, 5.74) is 1.78. The molecule has 0 radical (unpaired) electrons. The van der Waals surface area contributed by atoms with Crippen LogP contribution in [0.5, 0.6) is 0 Å². The van der Waals surface area contributed by atoms with Gasteiger partial charge in [0, 0.05) is 42.7 Å². The van der Waals surface area contributed by atoms with Crippen LogP contribution < -0.4 is 0 Å². The standard InChI is InChI=1S/C14H15N3O3S/c18-13-4-5-16(8-13)7-11-9-21-14(15-11)10-2-1-3-12(6-10)17(19)20/h1-3,6,9,13,18H,4-5,7-8H2/t13-/m1/s1. The molecule has 21 heavy (non-hydrogen) atoms. The van der Waals surface area contributed by atoms with Crippen molar-refractivity contribution in [1.29, 1.82) is 0 Å². The van der Waals surface area contributed by atoms with E-state index in [2.05, 4.69) is 9.88 Å². The lowest BCUT2D eigenvalue weighted by molar-refractivity contribution is -0.384. The van der Waals surface area contributed by atoms with Crippen molar-refractivity contribution in [2.45, 2.75) is 19.1 Å². The van der Waals surface area contributed by atoms with E-state index in [0.29, 0.717) is 13.1 Å². The molecule has 1 saturated heterocycles. The minimum atomic E-state index is -0.399. The predicted molar refractivity (Wildman–Crippen MR) is 80.1 cm³/mol. The average molecular weight is 305 g/mol. The summed E-state index contributed by atoms with van der Waals surface area (Å²) in [5.74, 6) is 0. The second-order valence-corrected chi connectivity index (χ2v) is 5.99. The number of aliphatic hydroxyl groups is 1. The molecule has 7 heteroatoms. The molecule has 0 unspecified atom stereocenters. The Hall–Kier alpha value is -1.83. The summed E-state index contributed by atoms with van der Waals surface area (Å²) in [5, 5.41) is 23.1. The summed E-state index contributed by atoms with van der Waals surface area (Å²) in [4.78, 5) is 17.1. The van der Waals surface area contributed by atoms with E-state index in [9.17, 15) is 15.2 Å². The van der Waals surface area contributed by atoms with Crippen molar-refractivity contribution in [2.24, 2.45) is 0 Å². The third kappa shape index (κ3) is 3.26. The van der Waals surface area contributed by atoms with Crippen LogP contribution in [0, 0.1) is 10.1 Å². The van der Waals surface area contributed by atoms with Crippen LogP contribution >= 0.6 is 11.3 Å². The molecule has 1 atom stereocenters. The van der Waals surface area contributed by atoms with Crippen LogP contribution in [0.15, 0.2) is 29.6 Å². The van der Waals surface area contributed by atoms with Crippen LogP contribution in [0.1, 0.15) is 12.1 Å². The summed E-state index contributed by atoms with van der Waals surface area (Å²) in [6, 6.07) is 6.52. The van der Waals surface area contributed by atoms with Crippen LogP contribution in [0.4, 0.5) is 5.69 Å². The highest BCUT2D eigenvalue weighted by molar-refractivity contribution is 7.13. The molecular weight excluding hydrogens is 290 g/mol. The van der Waals surface area contributed by atoms with E-state index in [1.54, 1.807) is 12.1 Å². The second-order valence-electron chi connectivity index (χ2n) is 5.13. The fraction of sp³-hybridized carbons (Fsp3) is 0.357. The number of rotatable bonds is 4. The van der Waals surface area contributed by atoms with Crippen molar-refractivity contribution in [3.8, 4) is 10.6 Å². The first-order valence-corrected chi connectivity index (χ1v) is 7.59. The number of likely N-dealkylation sites (tertiary alicyclic amines) is 1. The zero-order valence-electron chi connectivity index (χ0n) is 11.3. The van der Waals surface area contributed by atoms with E-state index in [1.807, 2.05) is 11.4 Å². The minimum Gasteiger partial charge on any atom is -0.392 e. The molecule has 1 aliphatic rings. The van der Waals surface area contributed by atoms with Gasteiger partial charge in [0.05, 0.1) is 16.7 Å². The van der Waals surface area contributed by atoms with E-state index in [0.717, 1.165) is 29.2 Å². The van der Waals surface area contributed by atoms with Gasteiger partial charge >= 0.3 is 0 Å². The number of non-ortho nitro benzene ring substituents is 1. The molecule has 2 heterocycles. The highest BCUT2D eigenvalue weighted by Crippen LogP contribution is 2.27. The Balaban J connectivity index is 1.75. The third-order valence-electron chi connectivity index (χ3n) is 3.49. The number of nitro benzene ring substituents is 1. The van der Waals surface area contributed by atoms with E-state index in [1.165, 1.54) is 17.4 Å². The Morgan fingerprint density at radius 2 is 2.38 bits per heavy atom. The zero-order chi connectivity index (χ0) is 14.8. The van der Waals surface area contributed by atoms with Crippen LogP contribution in [-0.2, 0) is 6.54 Å². The molecule has 1 N–H and O–H groups in total. The van der Waals surface area contributed by atoms with Gasteiger partial charge in [0.15, 0.2) is 0 Å². The molecule has 0 saturated carbocycles. The van der Waals surface area contributed by atoms with E-state index in [4.69, 9.17) is 0 Å². The van der Waals surface area contributed by atoms with Crippen molar-refractivity contribution < 1.29 is 10.0 Å². The van der Waals surface area contributed by atoms with Crippen LogP contribution in [-0.4, -0.2) is 39.1 Å². The second kappa shape index (κ2) is 5.88. The van der Waals surface area contributed by atoms with Gasteiger partial charge in [-0.3, -0.25) is 15.0 Å². The van der Waals surface area contributed by atoms with Gasteiger partial charge in [0.1, 0.15) is 5.01 Å². The monoisotopic (exact) mass is 305 g/mol. The van der Waals surface area contributed by atoms with Gasteiger partial charge in [-0.05, 0) is 6.42 Å². The Labute approximate surface area is 125 Å². The smallest absolute Gasteiger partial charge is 0.270 e. The maximum Gasteiger partial charge on any atom is 0.270 e. The summed E-state index contributed by atoms with van der Waals surface area (Å²) in [7, 11) is 0. The SMILES string of the molecule is O=[N+]([O-])c1cccc(-c2nc(CN3CC[C@@H](O)C3)cs2)c1.